The Morgan fingerprint density at radius 1 is 1.30 bits per heavy atom. The Balaban J connectivity index is 1.85. The van der Waals surface area contributed by atoms with E-state index in [0.717, 1.165) is 6.54 Å². The molecule has 5 nitrogen and oxygen atoms in total. The van der Waals surface area contributed by atoms with Crippen LogP contribution in [0.1, 0.15) is 45.4 Å². The van der Waals surface area contributed by atoms with Crippen LogP contribution in [0.3, 0.4) is 0 Å². The number of aliphatic carboxylic acids is 1. The zero-order chi connectivity index (χ0) is 14.8. The van der Waals surface area contributed by atoms with Crippen molar-refractivity contribution >= 4 is 12.0 Å². The van der Waals surface area contributed by atoms with Crippen LogP contribution in [0.25, 0.3) is 0 Å². The average molecular weight is 282 g/mol. The van der Waals surface area contributed by atoms with Crippen LogP contribution in [0.5, 0.6) is 0 Å². The molecular formula is C15H26N2O3. The van der Waals surface area contributed by atoms with Crippen LogP contribution in [-0.4, -0.2) is 53.6 Å². The van der Waals surface area contributed by atoms with E-state index in [1.807, 2.05) is 23.8 Å². The summed E-state index contributed by atoms with van der Waals surface area (Å²) < 4.78 is 0. The van der Waals surface area contributed by atoms with Crippen LogP contribution in [0.15, 0.2) is 0 Å². The molecule has 1 heterocycles. The summed E-state index contributed by atoms with van der Waals surface area (Å²) in [5.74, 6) is -0.0441. The Kier molecular flexibility index (Phi) is 4.55. The number of rotatable bonds is 4. The van der Waals surface area contributed by atoms with Gasteiger partial charge in [0.1, 0.15) is 0 Å². The second-order valence-corrected chi connectivity index (χ2v) is 6.39. The van der Waals surface area contributed by atoms with Gasteiger partial charge in [0.25, 0.3) is 0 Å². The molecule has 0 aromatic carbocycles. The minimum absolute atomic E-state index is 0.0620. The van der Waals surface area contributed by atoms with Gasteiger partial charge in [0, 0.05) is 26.7 Å². The molecule has 0 radical (unpaired) electrons. The van der Waals surface area contributed by atoms with Crippen molar-refractivity contribution in [2.75, 3.05) is 26.7 Å². The molecule has 20 heavy (non-hydrogen) atoms. The zero-order valence-corrected chi connectivity index (χ0v) is 12.6. The van der Waals surface area contributed by atoms with E-state index in [0.29, 0.717) is 38.3 Å². The third-order valence-electron chi connectivity index (χ3n) is 5.20. The predicted molar refractivity (Wildman–Crippen MR) is 76.5 cm³/mol. The third kappa shape index (κ3) is 2.91. The minimum Gasteiger partial charge on any atom is -0.481 e. The number of likely N-dealkylation sites (tertiary alicyclic amines) is 1. The number of nitrogens with zero attached hydrogens (tertiary/aromatic N) is 2. The highest BCUT2D eigenvalue weighted by Crippen LogP contribution is 2.35. The van der Waals surface area contributed by atoms with Crippen LogP contribution in [0.2, 0.25) is 0 Å². The summed E-state index contributed by atoms with van der Waals surface area (Å²) in [6, 6.07) is 0.0620. The summed E-state index contributed by atoms with van der Waals surface area (Å²) in [4.78, 5) is 27.4. The molecule has 2 rings (SSSR count). The van der Waals surface area contributed by atoms with Crippen LogP contribution in [0, 0.1) is 11.3 Å². The number of urea groups is 1. The summed E-state index contributed by atoms with van der Waals surface area (Å²) in [5.41, 5.74) is -0.622. The molecule has 114 valence electrons. The molecule has 0 aromatic heterocycles. The minimum atomic E-state index is -0.713. The van der Waals surface area contributed by atoms with Gasteiger partial charge in [-0.2, -0.15) is 0 Å². The maximum Gasteiger partial charge on any atom is 0.319 e. The maximum atomic E-state index is 12.3. The zero-order valence-electron chi connectivity index (χ0n) is 12.6. The molecule has 1 saturated carbocycles. The predicted octanol–water partition coefficient (Wildman–Crippen LogP) is 2.42. The SMILES string of the molecule is CCC1(C(=O)O)CCN(C(=O)N(C)CC2CCC2)CC1. The molecule has 1 saturated heterocycles. The molecule has 0 spiro atoms. The summed E-state index contributed by atoms with van der Waals surface area (Å²) in [5, 5.41) is 9.37. The lowest BCUT2D eigenvalue weighted by molar-refractivity contribution is -0.152. The molecule has 0 bridgehead atoms. The van der Waals surface area contributed by atoms with Gasteiger partial charge in [-0.3, -0.25) is 4.79 Å². The fraction of sp³-hybridized carbons (Fsp3) is 0.867. The molecular weight excluding hydrogens is 256 g/mol. The summed E-state index contributed by atoms with van der Waals surface area (Å²) in [6.07, 6.45) is 5.53. The monoisotopic (exact) mass is 282 g/mol. The van der Waals surface area contributed by atoms with Gasteiger partial charge in [-0.1, -0.05) is 13.3 Å². The third-order valence-corrected chi connectivity index (χ3v) is 5.20. The Hall–Kier alpha value is -1.26. The molecule has 0 atom stereocenters. The van der Waals surface area contributed by atoms with Gasteiger partial charge < -0.3 is 14.9 Å². The number of carboxylic acids is 1. The van der Waals surface area contributed by atoms with Crippen LogP contribution in [0.4, 0.5) is 4.79 Å². The first kappa shape index (κ1) is 15.1. The second-order valence-electron chi connectivity index (χ2n) is 6.39. The van der Waals surface area contributed by atoms with E-state index < -0.39 is 11.4 Å². The highest BCUT2D eigenvalue weighted by atomic mass is 16.4. The molecule has 1 aliphatic heterocycles. The fourth-order valence-electron chi connectivity index (χ4n) is 3.23. The molecule has 1 N–H and O–H groups in total. The van der Waals surface area contributed by atoms with E-state index in [4.69, 9.17) is 0 Å². The Labute approximate surface area is 120 Å². The molecule has 1 aliphatic carbocycles. The van der Waals surface area contributed by atoms with E-state index in [1.165, 1.54) is 19.3 Å². The molecule has 5 heteroatoms. The normalized spacial score (nSPS) is 22.2. The van der Waals surface area contributed by atoms with Gasteiger partial charge >= 0.3 is 12.0 Å². The Morgan fingerprint density at radius 2 is 1.90 bits per heavy atom. The molecule has 2 amide bonds. The van der Waals surface area contributed by atoms with E-state index in [1.54, 1.807) is 0 Å². The maximum absolute atomic E-state index is 12.3. The first-order chi connectivity index (χ1) is 9.48. The topological polar surface area (TPSA) is 60.9 Å². The first-order valence-electron chi connectivity index (χ1n) is 7.72. The lowest BCUT2D eigenvalue weighted by Gasteiger charge is -2.40. The number of piperidine rings is 1. The van der Waals surface area contributed by atoms with Crippen molar-refractivity contribution in [2.24, 2.45) is 11.3 Å². The van der Waals surface area contributed by atoms with Crippen molar-refractivity contribution in [2.45, 2.75) is 45.4 Å². The molecule has 2 fully saturated rings. The van der Waals surface area contributed by atoms with E-state index in [9.17, 15) is 14.7 Å². The van der Waals surface area contributed by atoms with Crippen molar-refractivity contribution in [1.29, 1.82) is 0 Å². The van der Waals surface area contributed by atoms with Crippen LogP contribution >= 0.6 is 0 Å². The van der Waals surface area contributed by atoms with Gasteiger partial charge in [0.2, 0.25) is 0 Å². The van der Waals surface area contributed by atoms with Gasteiger partial charge in [-0.25, -0.2) is 4.79 Å². The smallest absolute Gasteiger partial charge is 0.319 e. The average Bonchev–Trinajstić information content (AvgIpc) is 2.41. The lowest BCUT2D eigenvalue weighted by atomic mass is 9.76. The second kappa shape index (κ2) is 6.02. The summed E-state index contributed by atoms with van der Waals surface area (Å²) in [7, 11) is 1.86. The van der Waals surface area contributed by atoms with Gasteiger partial charge in [0.05, 0.1) is 5.41 Å². The van der Waals surface area contributed by atoms with Crippen molar-refractivity contribution < 1.29 is 14.7 Å². The molecule has 2 aliphatic rings. The molecule has 0 unspecified atom stereocenters. The summed E-state index contributed by atoms with van der Waals surface area (Å²) in [6.45, 7) is 3.89. The van der Waals surface area contributed by atoms with Gasteiger partial charge in [0.15, 0.2) is 0 Å². The number of carbonyl (C=O) groups excluding carboxylic acids is 1. The molecule has 0 aromatic rings. The number of carboxylic acid groups (broad SMARTS) is 1. The standard InChI is InChI=1S/C15H26N2O3/c1-3-15(13(18)19)7-9-17(10-8-15)14(20)16(2)11-12-5-4-6-12/h12H,3-11H2,1-2H3,(H,18,19). The van der Waals surface area contributed by atoms with Crippen molar-refractivity contribution in [3.8, 4) is 0 Å². The highest BCUT2D eigenvalue weighted by Gasteiger charge is 2.41. The van der Waals surface area contributed by atoms with Gasteiger partial charge in [-0.05, 0) is 38.0 Å². The summed E-state index contributed by atoms with van der Waals surface area (Å²) >= 11 is 0. The largest absolute Gasteiger partial charge is 0.481 e. The van der Waals surface area contributed by atoms with Crippen molar-refractivity contribution in [1.82, 2.24) is 9.80 Å². The Bertz CT molecular complexity index is 371. The van der Waals surface area contributed by atoms with Crippen molar-refractivity contribution in [3.05, 3.63) is 0 Å². The number of hydrogen-bond acceptors (Lipinski definition) is 2. The van der Waals surface area contributed by atoms with E-state index >= 15 is 0 Å². The van der Waals surface area contributed by atoms with E-state index in [-0.39, 0.29) is 6.03 Å². The number of hydrogen-bond donors (Lipinski definition) is 1. The van der Waals surface area contributed by atoms with E-state index in [2.05, 4.69) is 0 Å². The lowest BCUT2D eigenvalue weighted by Crippen LogP contribution is -2.50. The fourth-order valence-corrected chi connectivity index (χ4v) is 3.23. The highest BCUT2D eigenvalue weighted by molar-refractivity contribution is 5.77. The number of amides is 2. The Morgan fingerprint density at radius 3 is 2.30 bits per heavy atom. The quantitative estimate of drug-likeness (QED) is 0.861. The van der Waals surface area contributed by atoms with Gasteiger partial charge in [-0.15, -0.1) is 0 Å². The number of carbonyl (C=O) groups is 2. The first-order valence-corrected chi connectivity index (χ1v) is 7.72. The van der Waals surface area contributed by atoms with Crippen LogP contribution < -0.4 is 0 Å². The van der Waals surface area contributed by atoms with Crippen LogP contribution in [-0.2, 0) is 4.79 Å². The van der Waals surface area contributed by atoms with Crippen molar-refractivity contribution in [3.63, 3.8) is 0 Å².